The molecule has 3 aromatic carbocycles. The maximum atomic E-state index is 12.2. The molecule has 152 valence electrons. The first kappa shape index (κ1) is 19.7. The molecule has 0 aliphatic carbocycles. The van der Waals surface area contributed by atoms with Crippen molar-refractivity contribution in [3.8, 4) is 16.9 Å². The van der Waals surface area contributed by atoms with E-state index >= 15 is 0 Å². The minimum Gasteiger partial charge on any atom is -0.493 e. The second kappa shape index (κ2) is 8.82. The molecule has 0 N–H and O–H groups in total. The second-order valence-corrected chi connectivity index (χ2v) is 7.40. The molecular formula is C25H25N3O2. The first-order valence-electron chi connectivity index (χ1n) is 10.1. The van der Waals surface area contributed by atoms with Gasteiger partial charge in [-0.15, -0.1) is 0 Å². The van der Waals surface area contributed by atoms with E-state index in [-0.39, 0.29) is 5.91 Å². The van der Waals surface area contributed by atoms with Crippen LogP contribution in [0.25, 0.3) is 21.9 Å². The number of hydrogen-bond acceptors (Lipinski definition) is 3. The van der Waals surface area contributed by atoms with Crippen LogP contribution in [0.4, 0.5) is 0 Å². The lowest BCUT2D eigenvalue weighted by Gasteiger charge is -2.14. The zero-order valence-corrected chi connectivity index (χ0v) is 17.3. The molecule has 1 aromatic heterocycles. The highest BCUT2D eigenvalue weighted by atomic mass is 16.5. The number of fused-ring (bicyclic) bond motifs is 1. The van der Waals surface area contributed by atoms with Crippen molar-refractivity contribution in [3.05, 3.63) is 84.7 Å². The molecule has 1 heterocycles. The minimum atomic E-state index is 0.00488. The van der Waals surface area contributed by atoms with Gasteiger partial charge in [0.25, 0.3) is 5.91 Å². The van der Waals surface area contributed by atoms with E-state index in [2.05, 4.69) is 23.3 Å². The lowest BCUT2D eigenvalue weighted by atomic mass is 9.97. The van der Waals surface area contributed by atoms with Gasteiger partial charge < -0.3 is 9.64 Å². The summed E-state index contributed by atoms with van der Waals surface area (Å²) in [5, 5.41) is 6.44. The fourth-order valence-electron chi connectivity index (χ4n) is 3.54. The van der Waals surface area contributed by atoms with E-state index in [0.29, 0.717) is 12.2 Å². The molecule has 4 aromatic rings. The normalized spacial score (nSPS) is 10.9. The average Bonchev–Trinajstić information content (AvgIpc) is 3.30. The molecule has 0 unspecified atom stereocenters. The Morgan fingerprint density at radius 3 is 2.43 bits per heavy atom. The van der Waals surface area contributed by atoms with Crippen LogP contribution in [0, 0.1) is 0 Å². The van der Waals surface area contributed by atoms with Gasteiger partial charge in [0.15, 0.2) is 0 Å². The first-order chi connectivity index (χ1) is 14.6. The number of benzene rings is 3. The van der Waals surface area contributed by atoms with Crippen LogP contribution in [0.15, 0.2) is 79.1 Å². The third kappa shape index (κ3) is 4.20. The number of carbonyl (C=O) groups is 1. The van der Waals surface area contributed by atoms with Gasteiger partial charge in [0.1, 0.15) is 5.75 Å². The summed E-state index contributed by atoms with van der Waals surface area (Å²) in [5.74, 6) is 0.888. The van der Waals surface area contributed by atoms with Gasteiger partial charge in [-0.05, 0) is 40.8 Å². The van der Waals surface area contributed by atoms with Crippen molar-refractivity contribution in [1.29, 1.82) is 0 Å². The van der Waals surface area contributed by atoms with Crippen LogP contribution in [-0.2, 0) is 6.54 Å². The quantitative estimate of drug-likeness (QED) is 0.416. The van der Waals surface area contributed by atoms with E-state index in [1.54, 1.807) is 25.2 Å². The monoisotopic (exact) mass is 399 g/mol. The Labute approximate surface area is 176 Å². The van der Waals surface area contributed by atoms with Gasteiger partial charge in [-0.2, -0.15) is 5.10 Å². The van der Waals surface area contributed by atoms with Crippen LogP contribution in [0.1, 0.15) is 16.8 Å². The Morgan fingerprint density at radius 1 is 0.967 bits per heavy atom. The number of aromatic nitrogens is 2. The Bertz CT molecular complexity index is 1130. The minimum absolute atomic E-state index is 0.00488. The third-order valence-electron chi connectivity index (χ3n) is 5.08. The molecule has 0 bridgehead atoms. The summed E-state index contributed by atoms with van der Waals surface area (Å²) in [6, 6.07) is 22.1. The summed E-state index contributed by atoms with van der Waals surface area (Å²) < 4.78 is 8.01. The summed E-state index contributed by atoms with van der Waals surface area (Å²) >= 11 is 0. The number of carbonyl (C=O) groups excluding carboxylic acids is 1. The van der Waals surface area contributed by atoms with Gasteiger partial charge in [-0.3, -0.25) is 9.48 Å². The van der Waals surface area contributed by atoms with E-state index in [0.717, 1.165) is 40.6 Å². The van der Waals surface area contributed by atoms with Gasteiger partial charge in [-0.25, -0.2) is 0 Å². The lowest BCUT2D eigenvalue weighted by molar-refractivity contribution is 0.0827. The van der Waals surface area contributed by atoms with Crippen molar-refractivity contribution in [2.24, 2.45) is 0 Å². The van der Waals surface area contributed by atoms with Gasteiger partial charge >= 0.3 is 0 Å². The molecule has 4 rings (SSSR count). The number of ether oxygens (including phenoxy) is 1. The van der Waals surface area contributed by atoms with Gasteiger partial charge in [-0.1, -0.05) is 42.5 Å². The van der Waals surface area contributed by atoms with E-state index in [1.165, 1.54) is 0 Å². The molecule has 0 spiro atoms. The van der Waals surface area contributed by atoms with Crippen molar-refractivity contribution in [2.75, 3.05) is 20.7 Å². The van der Waals surface area contributed by atoms with Crippen molar-refractivity contribution in [2.45, 2.75) is 13.0 Å². The van der Waals surface area contributed by atoms with Crippen LogP contribution < -0.4 is 4.74 Å². The number of aryl methyl sites for hydroxylation is 1. The molecule has 30 heavy (non-hydrogen) atoms. The maximum absolute atomic E-state index is 12.2. The number of rotatable bonds is 7. The van der Waals surface area contributed by atoms with Crippen molar-refractivity contribution >= 4 is 16.7 Å². The van der Waals surface area contributed by atoms with Gasteiger partial charge in [0.2, 0.25) is 0 Å². The third-order valence-corrected chi connectivity index (χ3v) is 5.08. The smallest absolute Gasteiger partial charge is 0.253 e. The van der Waals surface area contributed by atoms with Crippen molar-refractivity contribution in [3.63, 3.8) is 0 Å². The highest BCUT2D eigenvalue weighted by Gasteiger charge is 2.11. The SMILES string of the molecule is CN(C)C(=O)c1ccc(-c2ccc(OCCCn3cccn3)c3ccccc23)cc1. The largest absolute Gasteiger partial charge is 0.493 e. The molecule has 0 saturated carbocycles. The molecule has 0 aliphatic heterocycles. The number of nitrogens with zero attached hydrogens (tertiary/aromatic N) is 3. The Kier molecular flexibility index (Phi) is 5.80. The number of hydrogen-bond donors (Lipinski definition) is 0. The molecular weight excluding hydrogens is 374 g/mol. The molecule has 0 fully saturated rings. The van der Waals surface area contributed by atoms with Gasteiger partial charge in [0, 0.05) is 50.4 Å². The Balaban J connectivity index is 1.55. The standard InChI is InChI=1S/C25H25N3O2/c1-27(2)25(29)20-11-9-19(10-12-20)21-13-14-24(23-8-4-3-7-22(21)23)30-18-6-17-28-16-5-15-26-28/h3-5,7-16H,6,17-18H2,1-2H3. The maximum Gasteiger partial charge on any atom is 0.253 e. The van der Waals surface area contributed by atoms with E-state index in [9.17, 15) is 4.79 Å². The van der Waals surface area contributed by atoms with E-state index in [4.69, 9.17) is 4.74 Å². The second-order valence-electron chi connectivity index (χ2n) is 7.40. The molecule has 0 aliphatic rings. The first-order valence-corrected chi connectivity index (χ1v) is 10.1. The summed E-state index contributed by atoms with van der Waals surface area (Å²) in [5.41, 5.74) is 2.88. The average molecular weight is 399 g/mol. The molecule has 1 amide bonds. The predicted octanol–water partition coefficient (Wildman–Crippen LogP) is 4.87. The lowest BCUT2D eigenvalue weighted by Crippen LogP contribution is -2.21. The zero-order chi connectivity index (χ0) is 20.9. The predicted molar refractivity (Wildman–Crippen MR) is 120 cm³/mol. The van der Waals surface area contributed by atoms with Crippen LogP contribution >= 0.6 is 0 Å². The highest BCUT2D eigenvalue weighted by molar-refractivity contribution is 6.01. The molecule has 5 heteroatoms. The Morgan fingerprint density at radius 2 is 1.73 bits per heavy atom. The Hall–Kier alpha value is -3.60. The topological polar surface area (TPSA) is 47.4 Å². The molecule has 0 saturated heterocycles. The highest BCUT2D eigenvalue weighted by Crippen LogP contribution is 2.34. The van der Waals surface area contributed by atoms with Crippen LogP contribution in [0.2, 0.25) is 0 Å². The fourth-order valence-corrected chi connectivity index (χ4v) is 3.54. The van der Waals surface area contributed by atoms with Crippen LogP contribution in [-0.4, -0.2) is 41.3 Å². The van der Waals surface area contributed by atoms with Crippen molar-refractivity contribution in [1.82, 2.24) is 14.7 Å². The van der Waals surface area contributed by atoms with Crippen LogP contribution in [0.5, 0.6) is 5.75 Å². The summed E-state index contributed by atoms with van der Waals surface area (Å²) in [6.45, 7) is 1.46. The summed E-state index contributed by atoms with van der Waals surface area (Å²) in [6.07, 6.45) is 4.64. The molecule has 0 radical (unpaired) electrons. The molecule has 5 nitrogen and oxygen atoms in total. The van der Waals surface area contributed by atoms with Crippen molar-refractivity contribution < 1.29 is 9.53 Å². The van der Waals surface area contributed by atoms with E-state index < -0.39 is 0 Å². The zero-order valence-electron chi connectivity index (χ0n) is 17.3. The number of amides is 1. The van der Waals surface area contributed by atoms with E-state index in [1.807, 2.05) is 59.4 Å². The van der Waals surface area contributed by atoms with Gasteiger partial charge in [0.05, 0.1) is 6.61 Å². The fraction of sp³-hybridized carbons (Fsp3) is 0.200. The van der Waals surface area contributed by atoms with Crippen LogP contribution in [0.3, 0.4) is 0 Å². The summed E-state index contributed by atoms with van der Waals surface area (Å²) in [4.78, 5) is 13.7. The summed E-state index contributed by atoms with van der Waals surface area (Å²) in [7, 11) is 3.52. The molecule has 0 atom stereocenters.